The molecule has 5 heterocycles. The van der Waals surface area contributed by atoms with E-state index >= 15 is 19.2 Å². The zero-order chi connectivity index (χ0) is 87.9. The van der Waals surface area contributed by atoms with Crippen molar-refractivity contribution in [3.05, 3.63) is 117 Å². The van der Waals surface area contributed by atoms with Crippen LogP contribution in [0.1, 0.15) is 93.2 Å². The molecule has 9 atom stereocenters. The number of hydrogen-bond acceptors (Lipinski definition) is 46. The first-order chi connectivity index (χ1) is 57.0. The molecule has 26 N–H and O–H groups in total. The Morgan fingerprint density at radius 2 is 0.554 bits per heavy atom. The van der Waals surface area contributed by atoms with Gasteiger partial charge in [-0.05, 0) is 66.7 Å². The number of fused-ring (bicyclic) bond motifs is 13. The maximum Gasteiger partial charge on any atom is 0.341 e. The lowest BCUT2D eigenvalue weighted by atomic mass is 9.87. The van der Waals surface area contributed by atoms with Crippen LogP contribution >= 0.6 is 0 Å². The fourth-order valence-electron chi connectivity index (χ4n) is 13.7. The number of phenols is 26. The van der Waals surface area contributed by atoms with Crippen molar-refractivity contribution in [3.63, 3.8) is 0 Å². The van der Waals surface area contributed by atoms with E-state index in [-0.39, 0.29) is 24.3 Å². The molecule has 121 heavy (non-hydrogen) atoms. The van der Waals surface area contributed by atoms with Crippen molar-refractivity contribution in [1.82, 2.24) is 0 Å². The Kier molecular flexibility index (Phi) is 19.5. The average molecular weight is 1690 g/mol. The minimum atomic E-state index is -3.09. The number of cyclic esters (lactones) is 2. The molecule has 0 radical (unpaired) electrons. The highest BCUT2D eigenvalue weighted by Gasteiger charge is 2.57. The van der Waals surface area contributed by atoms with E-state index in [4.69, 9.17) is 52.1 Å². The van der Waals surface area contributed by atoms with Crippen LogP contribution in [-0.2, 0) is 52.1 Å². The van der Waals surface area contributed by atoms with Crippen LogP contribution in [0.5, 0.6) is 149 Å². The van der Waals surface area contributed by atoms with Gasteiger partial charge in [0.2, 0.25) is 46.9 Å². The van der Waals surface area contributed by atoms with Gasteiger partial charge in [0.05, 0.1) is 56.7 Å². The van der Waals surface area contributed by atoms with E-state index in [1.807, 2.05) is 0 Å². The molecule has 628 valence electrons. The lowest BCUT2D eigenvalue weighted by Crippen LogP contribution is -2.63. The Labute approximate surface area is 665 Å². The summed E-state index contributed by atoms with van der Waals surface area (Å²) in [6.07, 6.45) is -23.4. The molecular formula is C75H52O46. The van der Waals surface area contributed by atoms with E-state index in [0.29, 0.717) is 42.5 Å². The molecule has 46 nitrogen and oxygen atoms in total. The summed E-state index contributed by atoms with van der Waals surface area (Å²) in [4.78, 5) is 133. The second kappa shape index (κ2) is 29.3. The zero-order valence-electron chi connectivity index (χ0n) is 59.5. The molecule has 5 aliphatic rings. The SMILES string of the molecule is O=C(OC1C(OC(=O)c2cc(O)c(O)c(O)c2-c2cc3c(c(O)c2O)-c2c(cc(O)c(O)c2O)C(=O)OC2C(COC3=O)OCC3OC(=O)c4cc(O)c(O)c(O)c4-c4c(cc(O)c(O)c4O)C(=O)OC32)OC2COC(=O)c3cc(O)c(O)c(O)c3-c3c(cc(O)c(O)c3O)C(=O)OC2C1OC(=O)c1cc(O)c(O)c(O)c1)c1cc(O)c(O)c(O)c1. The van der Waals surface area contributed by atoms with E-state index in [9.17, 15) is 157 Å². The molecule has 9 unspecified atom stereocenters. The van der Waals surface area contributed by atoms with Crippen LogP contribution < -0.4 is 0 Å². The number of esters is 9. The van der Waals surface area contributed by atoms with Gasteiger partial charge < -0.3 is 185 Å². The number of carbonyl (C=O) groups is 9. The molecule has 14 rings (SSSR count). The van der Waals surface area contributed by atoms with E-state index in [1.165, 1.54) is 0 Å². The molecule has 0 saturated carbocycles. The van der Waals surface area contributed by atoms with Crippen molar-refractivity contribution < 1.29 is 228 Å². The summed E-state index contributed by atoms with van der Waals surface area (Å²) in [5, 5.41) is 287. The second-order valence-corrected chi connectivity index (χ2v) is 26.7. The second-order valence-electron chi connectivity index (χ2n) is 26.7. The molecule has 2 saturated heterocycles. The first-order valence-electron chi connectivity index (χ1n) is 33.9. The van der Waals surface area contributed by atoms with Gasteiger partial charge in [-0.3, -0.25) is 0 Å². The number of carbonyl (C=O) groups excluding carboxylic acids is 9. The van der Waals surface area contributed by atoms with Crippen molar-refractivity contribution in [1.29, 1.82) is 0 Å². The summed E-state index contributed by atoms with van der Waals surface area (Å²) < 4.78 is 63.1. The van der Waals surface area contributed by atoms with Gasteiger partial charge in [0.15, 0.2) is 146 Å². The minimum Gasteiger partial charge on any atom is -0.504 e. The average Bonchev–Trinajstić information content (AvgIpc) is 1.66. The summed E-state index contributed by atoms with van der Waals surface area (Å²) >= 11 is 0. The van der Waals surface area contributed by atoms with Gasteiger partial charge in [-0.1, -0.05) is 0 Å². The molecule has 0 aromatic heterocycles. The Balaban J connectivity index is 0.906. The number of rotatable bonds is 7. The van der Waals surface area contributed by atoms with E-state index < -0.39 is 373 Å². The molecule has 0 bridgehead atoms. The predicted octanol–water partition coefficient (Wildman–Crippen LogP) is 3.29. The molecule has 5 aliphatic heterocycles. The third-order valence-electron chi connectivity index (χ3n) is 19.5. The molecule has 2 fully saturated rings. The summed E-state index contributed by atoms with van der Waals surface area (Å²) in [6.45, 7) is -3.98. The topological polar surface area (TPSA) is 781 Å². The first-order valence-corrected chi connectivity index (χ1v) is 33.9. The van der Waals surface area contributed by atoms with Gasteiger partial charge in [0.25, 0.3) is 0 Å². The molecule has 46 heteroatoms. The third kappa shape index (κ3) is 13.2. The minimum absolute atomic E-state index is 0.143. The lowest BCUT2D eigenvalue weighted by Gasteiger charge is -2.43. The van der Waals surface area contributed by atoms with Gasteiger partial charge in [0, 0.05) is 44.5 Å². The third-order valence-corrected chi connectivity index (χ3v) is 19.5. The quantitative estimate of drug-likeness (QED) is 0.0618. The predicted molar refractivity (Wildman–Crippen MR) is 377 cm³/mol. The summed E-state index contributed by atoms with van der Waals surface area (Å²) in [7, 11) is 0. The largest absolute Gasteiger partial charge is 0.504 e. The van der Waals surface area contributed by atoms with Crippen LogP contribution in [0.4, 0.5) is 0 Å². The fourth-order valence-corrected chi connectivity index (χ4v) is 13.7. The standard InChI is InChI=1S/C75H52O46/c76-25-1-15(2-26(77)46(25)87)66(102)119-64-63-37(14-113-69(105)20-7-30(81)49(90)56(97)40(20)43-23(73(109)118-63)10-33(84)52(93)59(43)100)115-75(65(64)120-67(103)16-3-27(78)47(88)28(79)4-16)121-74(110)19-6-29(80)48(89)54(95)38(19)17-5-18-39(55(96)45(17)86)42-22(9-32(83)51(92)58(42)99)71(107)116-61-35(12-112-68(18)104)111-13-36-62(61)117-72(108)24-11-34(85)53(94)60(101)44(24)41-21(70(106)114-36)8-31(82)50(91)57(41)98/h1-11,35-37,61-65,75-101H,12-14H2. The van der Waals surface area contributed by atoms with Gasteiger partial charge in [-0.15, -0.1) is 0 Å². The van der Waals surface area contributed by atoms with E-state index in [2.05, 4.69) is 0 Å². The number of aromatic hydroxyl groups is 26. The van der Waals surface area contributed by atoms with Gasteiger partial charge in [0.1, 0.15) is 25.4 Å². The molecule has 0 spiro atoms. The highest BCUT2D eigenvalue weighted by molar-refractivity contribution is 6.13. The summed E-state index contributed by atoms with van der Waals surface area (Å²) in [5.41, 5.74) is -21.2. The number of phenolic OH excluding ortho intramolecular Hbond substituents is 26. The van der Waals surface area contributed by atoms with Crippen molar-refractivity contribution in [2.24, 2.45) is 0 Å². The van der Waals surface area contributed by atoms with Crippen LogP contribution in [0.3, 0.4) is 0 Å². The fraction of sp³-hybridized carbons (Fsp3) is 0.160. The number of hydrogen-bond donors (Lipinski definition) is 26. The lowest BCUT2D eigenvalue weighted by molar-refractivity contribution is -0.282. The monoisotopic (exact) mass is 1690 g/mol. The van der Waals surface area contributed by atoms with Crippen LogP contribution in [0, 0.1) is 0 Å². The van der Waals surface area contributed by atoms with Gasteiger partial charge in [-0.25, -0.2) is 43.2 Å². The Bertz CT molecular complexity index is 6070. The highest BCUT2D eigenvalue weighted by atomic mass is 16.8. The van der Waals surface area contributed by atoms with Crippen LogP contribution in [0.2, 0.25) is 0 Å². The van der Waals surface area contributed by atoms with Crippen molar-refractivity contribution >= 4 is 53.7 Å². The maximum atomic E-state index is 15.6. The molecule has 0 amide bonds. The Hall–Kier alpha value is -17.1. The molecule has 9 aromatic carbocycles. The molecular weight excluding hydrogens is 1640 g/mol. The zero-order valence-corrected chi connectivity index (χ0v) is 59.5. The maximum absolute atomic E-state index is 15.6. The van der Waals surface area contributed by atoms with Gasteiger partial charge in [-0.2, -0.15) is 0 Å². The highest BCUT2D eigenvalue weighted by Crippen LogP contribution is 2.59. The van der Waals surface area contributed by atoms with E-state index in [1.54, 1.807) is 0 Å². The van der Waals surface area contributed by atoms with Crippen LogP contribution in [0.15, 0.2) is 66.7 Å². The smallest absolute Gasteiger partial charge is 0.341 e. The van der Waals surface area contributed by atoms with Crippen molar-refractivity contribution in [2.75, 3.05) is 19.8 Å². The molecule has 0 aliphatic carbocycles. The first kappa shape index (κ1) is 80.5. The van der Waals surface area contributed by atoms with Crippen molar-refractivity contribution in [2.45, 2.75) is 55.1 Å². The number of ether oxygens (including phenoxy) is 11. The summed E-state index contributed by atoms with van der Waals surface area (Å²) in [6, 6.07) is 3.70. The van der Waals surface area contributed by atoms with Crippen LogP contribution in [-0.4, -0.2) is 261 Å². The van der Waals surface area contributed by atoms with Crippen molar-refractivity contribution in [3.8, 4) is 194 Å². The summed E-state index contributed by atoms with van der Waals surface area (Å²) in [5.74, 6) is -56.0. The van der Waals surface area contributed by atoms with E-state index in [0.717, 1.165) is 0 Å². The Morgan fingerprint density at radius 1 is 0.256 bits per heavy atom. The molecule has 9 aromatic rings. The normalized spacial score (nSPS) is 20.0. The van der Waals surface area contributed by atoms with Crippen LogP contribution in [0.25, 0.3) is 44.5 Å². The van der Waals surface area contributed by atoms with Gasteiger partial charge >= 0.3 is 53.7 Å². The number of benzene rings is 9. The Morgan fingerprint density at radius 3 is 0.942 bits per heavy atom.